The third kappa shape index (κ3) is 2.90. The van der Waals surface area contributed by atoms with E-state index in [1.807, 2.05) is 32.2 Å². The van der Waals surface area contributed by atoms with Gasteiger partial charge in [-0.3, -0.25) is 9.48 Å². The van der Waals surface area contributed by atoms with E-state index in [4.69, 9.17) is 23.2 Å². The number of aryl methyl sites for hydroxylation is 2. The lowest BCUT2D eigenvalue weighted by atomic mass is 9.98. The Morgan fingerprint density at radius 1 is 1.22 bits per heavy atom. The monoisotopic (exact) mass is 343 g/mol. The average molecular weight is 344 g/mol. The Balaban J connectivity index is 2.19. The molecule has 2 aromatic carbocycles. The van der Waals surface area contributed by atoms with Crippen molar-refractivity contribution in [1.82, 2.24) is 9.78 Å². The lowest BCUT2D eigenvalue weighted by molar-refractivity contribution is 0.103. The normalized spacial score (nSPS) is 10.8. The van der Waals surface area contributed by atoms with E-state index >= 15 is 0 Å². The molecule has 0 bridgehead atoms. The summed E-state index contributed by atoms with van der Waals surface area (Å²) in [5.41, 5.74) is 3.11. The molecule has 0 spiro atoms. The van der Waals surface area contributed by atoms with E-state index in [9.17, 15) is 4.79 Å². The van der Waals surface area contributed by atoms with Crippen LogP contribution in [0.15, 0.2) is 42.5 Å². The summed E-state index contributed by atoms with van der Waals surface area (Å²) in [6.45, 7) is 1.81. The predicted molar refractivity (Wildman–Crippen MR) is 92.1 cm³/mol. The van der Waals surface area contributed by atoms with Crippen LogP contribution in [0.4, 0.5) is 0 Å². The van der Waals surface area contributed by atoms with E-state index in [0.717, 1.165) is 11.3 Å². The van der Waals surface area contributed by atoms with Crippen LogP contribution in [0, 0.1) is 13.0 Å². The minimum atomic E-state index is -0.176. The number of aromatic nitrogens is 2. The number of benzene rings is 2. The van der Waals surface area contributed by atoms with Gasteiger partial charge in [0.15, 0.2) is 5.78 Å². The van der Waals surface area contributed by atoms with E-state index in [2.05, 4.69) is 11.2 Å². The van der Waals surface area contributed by atoms with Crippen LogP contribution >= 0.6 is 23.2 Å². The van der Waals surface area contributed by atoms with Crippen LogP contribution in [0.25, 0.3) is 11.3 Å². The van der Waals surface area contributed by atoms with Crippen LogP contribution in [0.1, 0.15) is 21.6 Å². The molecular formula is C18H13Cl2N2O. The summed E-state index contributed by atoms with van der Waals surface area (Å²) >= 11 is 12.1. The van der Waals surface area contributed by atoms with Gasteiger partial charge in [0.1, 0.15) is 0 Å². The van der Waals surface area contributed by atoms with Crippen molar-refractivity contribution in [3.63, 3.8) is 0 Å². The summed E-state index contributed by atoms with van der Waals surface area (Å²) in [6, 6.07) is 15.5. The number of hydrogen-bond acceptors (Lipinski definition) is 2. The Kier molecular flexibility index (Phi) is 4.24. The molecule has 0 aliphatic heterocycles. The van der Waals surface area contributed by atoms with E-state index < -0.39 is 0 Å². The Hall–Kier alpha value is -2.10. The molecule has 3 rings (SSSR count). The van der Waals surface area contributed by atoms with Crippen LogP contribution < -0.4 is 0 Å². The molecule has 0 unspecified atom stereocenters. The SMILES string of the molecule is Cc1nn(C)c(-c2[c]cccc2)c1C(=O)c1ccc(Cl)cc1Cl. The van der Waals surface area contributed by atoms with Gasteiger partial charge < -0.3 is 0 Å². The maximum absolute atomic E-state index is 13.0. The van der Waals surface area contributed by atoms with Gasteiger partial charge in [-0.2, -0.15) is 5.10 Å². The maximum Gasteiger partial charge on any atom is 0.198 e. The van der Waals surface area contributed by atoms with Crippen LogP contribution in [-0.2, 0) is 7.05 Å². The molecule has 115 valence electrons. The molecule has 3 aromatic rings. The number of ketones is 1. The quantitative estimate of drug-likeness (QED) is 0.644. The Morgan fingerprint density at radius 3 is 2.65 bits per heavy atom. The van der Waals surface area contributed by atoms with Crippen LogP contribution in [-0.4, -0.2) is 15.6 Å². The highest BCUT2D eigenvalue weighted by Gasteiger charge is 2.24. The molecule has 0 amide bonds. The highest BCUT2D eigenvalue weighted by atomic mass is 35.5. The van der Waals surface area contributed by atoms with Gasteiger partial charge in [0.2, 0.25) is 0 Å². The van der Waals surface area contributed by atoms with E-state index in [1.165, 1.54) is 0 Å². The molecule has 3 nitrogen and oxygen atoms in total. The lowest BCUT2D eigenvalue weighted by Gasteiger charge is -2.08. The second-order valence-electron chi connectivity index (χ2n) is 5.16. The molecule has 0 atom stereocenters. The number of carbonyl (C=O) groups is 1. The molecule has 5 heteroatoms. The van der Waals surface area contributed by atoms with Crippen molar-refractivity contribution < 1.29 is 4.79 Å². The summed E-state index contributed by atoms with van der Waals surface area (Å²) in [4.78, 5) is 13.0. The predicted octanol–water partition coefficient (Wildman–Crippen LogP) is 4.73. The highest BCUT2D eigenvalue weighted by molar-refractivity contribution is 6.37. The van der Waals surface area contributed by atoms with Crippen molar-refractivity contribution in [2.24, 2.45) is 7.05 Å². The zero-order valence-electron chi connectivity index (χ0n) is 12.6. The zero-order chi connectivity index (χ0) is 16.6. The van der Waals surface area contributed by atoms with Gasteiger partial charge in [-0.15, -0.1) is 0 Å². The van der Waals surface area contributed by atoms with E-state index in [-0.39, 0.29) is 5.78 Å². The minimum absolute atomic E-state index is 0.176. The number of carbonyl (C=O) groups excluding carboxylic acids is 1. The fraction of sp³-hybridized carbons (Fsp3) is 0.111. The number of halogens is 2. The second kappa shape index (κ2) is 6.19. The number of hydrogen-bond donors (Lipinski definition) is 0. The first-order valence-corrected chi connectivity index (χ1v) is 7.75. The Bertz CT molecular complexity index is 886. The largest absolute Gasteiger partial charge is 0.288 e. The molecule has 0 N–H and O–H groups in total. The molecule has 1 heterocycles. The van der Waals surface area contributed by atoms with Crippen molar-refractivity contribution in [3.05, 3.63) is 75.4 Å². The van der Waals surface area contributed by atoms with E-state index in [0.29, 0.717) is 26.9 Å². The topological polar surface area (TPSA) is 34.9 Å². The summed E-state index contributed by atoms with van der Waals surface area (Å²) in [5.74, 6) is -0.176. The first-order valence-electron chi connectivity index (χ1n) is 6.99. The number of nitrogens with zero attached hydrogens (tertiary/aromatic N) is 2. The van der Waals surface area contributed by atoms with Crippen LogP contribution in [0.2, 0.25) is 10.0 Å². The summed E-state index contributed by atoms with van der Waals surface area (Å²) < 4.78 is 1.69. The summed E-state index contributed by atoms with van der Waals surface area (Å²) in [6.07, 6.45) is 0. The second-order valence-corrected chi connectivity index (χ2v) is 6.01. The third-order valence-electron chi connectivity index (χ3n) is 3.59. The smallest absolute Gasteiger partial charge is 0.198 e. The maximum atomic E-state index is 13.0. The van der Waals surface area contributed by atoms with Crippen molar-refractivity contribution in [1.29, 1.82) is 0 Å². The van der Waals surface area contributed by atoms with Gasteiger partial charge in [-0.25, -0.2) is 0 Å². The molecule has 23 heavy (non-hydrogen) atoms. The van der Waals surface area contributed by atoms with Crippen molar-refractivity contribution in [3.8, 4) is 11.3 Å². The van der Waals surface area contributed by atoms with Gasteiger partial charge >= 0.3 is 0 Å². The van der Waals surface area contributed by atoms with Gasteiger partial charge in [-0.05, 0) is 31.2 Å². The molecular weight excluding hydrogens is 331 g/mol. The van der Waals surface area contributed by atoms with Crippen LogP contribution in [0.5, 0.6) is 0 Å². The highest BCUT2D eigenvalue weighted by Crippen LogP contribution is 2.30. The lowest BCUT2D eigenvalue weighted by Crippen LogP contribution is -2.05. The standard InChI is InChI=1S/C18H13Cl2N2O/c1-11-16(18(23)14-9-8-13(19)10-15(14)20)17(22(2)21-11)12-6-4-3-5-7-12/h3-6,8-10H,1-2H3. The van der Waals surface area contributed by atoms with Crippen molar-refractivity contribution in [2.75, 3.05) is 0 Å². The molecule has 0 saturated carbocycles. The van der Waals surface area contributed by atoms with Gasteiger partial charge in [0.25, 0.3) is 0 Å². The first kappa shape index (κ1) is 15.8. The van der Waals surface area contributed by atoms with Gasteiger partial charge in [-0.1, -0.05) is 47.5 Å². The zero-order valence-corrected chi connectivity index (χ0v) is 14.1. The molecule has 1 radical (unpaired) electrons. The third-order valence-corrected chi connectivity index (χ3v) is 4.14. The fourth-order valence-electron chi connectivity index (χ4n) is 2.59. The first-order chi connectivity index (χ1) is 11.0. The summed E-state index contributed by atoms with van der Waals surface area (Å²) in [7, 11) is 1.81. The van der Waals surface area contributed by atoms with Crippen LogP contribution in [0.3, 0.4) is 0 Å². The van der Waals surface area contributed by atoms with Gasteiger partial charge in [0, 0.05) is 23.2 Å². The number of rotatable bonds is 3. The molecule has 0 aliphatic carbocycles. The van der Waals surface area contributed by atoms with Crippen molar-refractivity contribution >= 4 is 29.0 Å². The van der Waals surface area contributed by atoms with Gasteiger partial charge in [0.05, 0.1) is 22.0 Å². The Labute approximate surface area is 144 Å². The average Bonchev–Trinajstić information content (AvgIpc) is 2.82. The fourth-order valence-corrected chi connectivity index (χ4v) is 3.08. The Morgan fingerprint density at radius 2 is 2.00 bits per heavy atom. The van der Waals surface area contributed by atoms with Crippen molar-refractivity contribution in [2.45, 2.75) is 6.92 Å². The minimum Gasteiger partial charge on any atom is -0.288 e. The molecule has 0 fully saturated rings. The molecule has 0 aliphatic rings. The van der Waals surface area contributed by atoms with E-state index in [1.54, 1.807) is 28.9 Å². The summed E-state index contributed by atoms with van der Waals surface area (Å²) in [5, 5.41) is 5.21. The molecule has 0 saturated heterocycles. The molecule has 1 aromatic heterocycles.